The van der Waals surface area contributed by atoms with Crippen LogP contribution in [0.5, 0.6) is 17.2 Å². The molecule has 0 aliphatic carbocycles. The molecule has 1 aromatic carbocycles. The van der Waals surface area contributed by atoms with Gasteiger partial charge in [-0.05, 0) is 25.1 Å². The lowest BCUT2D eigenvalue weighted by Gasteiger charge is -2.07. The summed E-state index contributed by atoms with van der Waals surface area (Å²) in [5.41, 5.74) is 0. The van der Waals surface area contributed by atoms with Crippen LogP contribution in [0, 0.1) is 6.92 Å². The molecule has 0 fully saturated rings. The van der Waals surface area contributed by atoms with Gasteiger partial charge in [-0.1, -0.05) is 0 Å². The maximum atomic E-state index is 11.7. The van der Waals surface area contributed by atoms with Crippen molar-refractivity contribution in [3.05, 3.63) is 40.4 Å². The average Bonchev–Trinajstić information content (AvgIpc) is 3.17. The van der Waals surface area contributed by atoms with Crippen LogP contribution in [0.4, 0.5) is 0 Å². The molecule has 7 heteroatoms. The minimum Gasteiger partial charge on any atom is -0.492 e. The van der Waals surface area contributed by atoms with E-state index in [0.717, 1.165) is 9.88 Å². The molecular formula is C16H16N2O4S. The molecule has 3 rings (SSSR count). The SMILES string of the molecule is Cc1ncc(/C=C/C(=O)NCCOc2ccc3c(c2)OCO3)s1. The molecule has 2 heterocycles. The van der Waals surface area contributed by atoms with Crippen LogP contribution in [0.3, 0.4) is 0 Å². The lowest BCUT2D eigenvalue weighted by atomic mass is 10.3. The molecule has 1 aliphatic heterocycles. The second-order valence-corrected chi connectivity index (χ2v) is 6.04. The fraction of sp³-hybridized carbons (Fsp3) is 0.250. The van der Waals surface area contributed by atoms with Gasteiger partial charge in [0, 0.05) is 23.2 Å². The number of aryl methyl sites for hydroxylation is 1. The maximum Gasteiger partial charge on any atom is 0.244 e. The number of fused-ring (bicyclic) bond motifs is 1. The minimum absolute atomic E-state index is 0.162. The van der Waals surface area contributed by atoms with Crippen molar-refractivity contribution >= 4 is 23.3 Å². The van der Waals surface area contributed by atoms with Gasteiger partial charge in [0.05, 0.1) is 11.6 Å². The molecule has 0 radical (unpaired) electrons. The number of amides is 1. The predicted octanol–water partition coefficient (Wildman–Crippen LogP) is 2.39. The van der Waals surface area contributed by atoms with E-state index in [9.17, 15) is 4.79 Å². The number of rotatable bonds is 6. The van der Waals surface area contributed by atoms with Crippen LogP contribution in [-0.4, -0.2) is 30.8 Å². The van der Waals surface area contributed by atoms with Gasteiger partial charge in [0.2, 0.25) is 12.7 Å². The summed E-state index contributed by atoms with van der Waals surface area (Å²) in [6.45, 7) is 2.95. The number of ether oxygens (including phenoxy) is 3. The summed E-state index contributed by atoms with van der Waals surface area (Å²) in [6, 6.07) is 5.38. The van der Waals surface area contributed by atoms with Crippen LogP contribution in [0.25, 0.3) is 6.08 Å². The second kappa shape index (κ2) is 7.15. The topological polar surface area (TPSA) is 69.7 Å². The van der Waals surface area contributed by atoms with Crippen molar-refractivity contribution in [3.8, 4) is 17.2 Å². The number of benzene rings is 1. The Morgan fingerprint density at radius 1 is 1.43 bits per heavy atom. The van der Waals surface area contributed by atoms with E-state index in [2.05, 4.69) is 10.3 Å². The van der Waals surface area contributed by atoms with Crippen molar-refractivity contribution in [1.29, 1.82) is 0 Å². The molecular weight excluding hydrogens is 316 g/mol. The Bertz CT molecular complexity index is 727. The van der Waals surface area contributed by atoms with Crippen LogP contribution in [-0.2, 0) is 4.79 Å². The number of thiazole rings is 1. The van der Waals surface area contributed by atoms with Gasteiger partial charge in [-0.25, -0.2) is 4.98 Å². The molecule has 0 saturated heterocycles. The molecule has 0 spiro atoms. The van der Waals surface area contributed by atoms with Crippen LogP contribution in [0.1, 0.15) is 9.88 Å². The van der Waals surface area contributed by atoms with Gasteiger partial charge in [-0.3, -0.25) is 4.79 Å². The Morgan fingerprint density at radius 2 is 2.30 bits per heavy atom. The van der Waals surface area contributed by atoms with E-state index in [4.69, 9.17) is 14.2 Å². The summed E-state index contributed by atoms with van der Waals surface area (Å²) in [7, 11) is 0. The molecule has 0 atom stereocenters. The van der Waals surface area contributed by atoms with E-state index >= 15 is 0 Å². The van der Waals surface area contributed by atoms with Crippen LogP contribution in [0.2, 0.25) is 0 Å². The Kier molecular flexibility index (Phi) is 4.77. The lowest BCUT2D eigenvalue weighted by molar-refractivity contribution is -0.116. The van der Waals surface area contributed by atoms with Crippen molar-refractivity contribution in [3.63, 3.8) is 0 Å². The summed E-state index contributed by atoms with van der Waals surface area (Å²) in [5, 5.41) is 3.73. The van der Waals surface area contributed by atoms with Gasteiger partial charge in [-0.15, -0.1) is 11.3 Å². The zero-order chi connectivity index (χ0) is 16.1. The first-order valence-corrected chi connectivity index (χ1v) is 7.93. The monoisotopic (exact) mass is 332 g/mol. The maximum absolute atomic E-state index is 11.7. The van der Waals surface area contributed by atoms with Crippen LogP contribution in [0.15, 0.2) is 30.5 Å². The summed E-state index contributed by atoms with van der Waals surface area (Å²) in [4.78, 5) is 16.8. The highest BCUT2D eigenvalue weighted by Gasteiger charge is 2.13. The molecule has 23 heavy (non-hydrogen) atoms. The van der Waals surface area contributed by atoms with E-state index in [1.165, 1.54) is 6.08 Å². The Hall–Kier alpha value is -2.54. The van der Waals surface area contributed by atoms with Crippen molar-refractivity contribution in [2.75, 3.05) is 19.9 Å². The van der Waals surface area contributed by atoms with Gasteiger partial charge in [-0.2, -0.15) is 0 Å². The quantitative estimate of drug-likeness (QED) is 0.650. The second-order valence-electron chi connectivity index (χ2n) is 4.77. The normalized spacial score (nSPS) is 12.6. The Balaban J connectivity index is 1.39. The van der Waals surface area contributed by atoms with E-state index in [1.807, 2.05) is 6.92 Å². The van der Waals surface area contributed by atoms with Gasteiger partial charge < -0.3 is 19.5 Å². The highest BCUT2D eigenvalue weighted by molar-refractivity contribution is 7.12. The molecule has 2 aromatic rings. The molecule has 120 valence electrons. The van der Waals surface area contributed by atoms with E-state index in [-0.39, 0.29) is 12.7 Å². The number of carbonyl (C=O) groups is 1. The molecule has 1 N–H and O–H groups in total. The smallest absolute Gasteiger partial charge is 0.244 e. The van der Waals surface area contributed by atoms with Crippen LogP contribution < -0.4 is 19.5 Å². The Labute approximate surface area is 137 Å². The van der Waals surface area contributed by atoms with E-state index in [0.29, 0.717) is 30.4 Å². The summed E-state index contributed by atoms with van der Waals surface area (Å²) in [6.07, 6.45) is 4.98. The first-order chi connectivity index (χ1) is 11.2. The number of carbonyl (C=O) groups excluding carboxylic acids is 1. The first-order valence-electron chi connectivity index (χ1n) is 7.11. The highest BCUT2D eigenvalue weighted by atomic mass is 32.1. The van der Waals surface area contributed by atoms with E-state index in [1.54, 1.807) is 41.8 Å². The molecule has 6 nitrogen and oxygen atoms in total. The van der Waals surface area contributed by atoms with Gasteiger partial charge in [0.1, 0.15) is 12.4 Å². The molecule has 0 unspecified atom stereocenters. The molecule has 0 bridgehead atoms. The fourth-order valence-corrected chi connectivity index (χ4v) is 2.67. The largest absolute Gasteiger partial charge is 0.492 e. The van der Waals surface area contributed by atoms with Gasteiger partial charge in [0.25, 0.3) is 0 Å². The van der Waals surface area contributed by atoms with Crippen LogP contribution >= 0.6 is 11.3 Å². The molecule has 0 saturated carbocycles. The van der Waals surface area contributed by atoms with Gasteiger partial charge >= 0.3 is 0 Å². The number of nitrogens with zero attached hydrogens (tertiary/aromatic N) is 1. The highest BCUT2D eigenvalue weighted by Crippen LogP contribution is 2.34. The third-order valence-corrected chi connectivity index (χ3v) is 3.93. The minimum atomic E-state index is -0.162. The summed E-state index contributed by atoms with van der Waals surface area (Å²) in [5.74, 6) is 1.91. The number of aromatic nitrogens is 1. The van der Waals surface area contributed by atoms with E-state index < -0.39 is 0 Å². The third kappa shape index (κ3) is 4.23. The number of nitrogens with one attached hydrogen (secondary N) is 1. The van der Waals surface area contributed by atoms with Crippen molar-refractivity contribution in [2.24, 2.45) is 0 Å². The lowest BCUT2D eigenvalue weighted by Crippen LogP contribution is -2.26. The number of hydrogen-bond donors (Lipinski definition) is 1. The van der Waals surface area contributed by atoms with Crippen molar-refractivity contribution in [2.45, 2.75) is 6.92 Å². The van der Waals surface area contributed by atoms with Gasteiger partial charge in [0.15, 0.2) is 11.5 Å². The average molecular weight is 332 g/mol. The Morgan fingerprint density at radius 3 is 3.13 bits per heavy atom. The number of hydrogen-bond acceptors (Lipinski definition) is 6. The first kappa shape index (κ1) is 15.4. The molecule has 1 amide bonds. The predicted molar refractivity (Wildman–Crippen MR) is 87.0 cm³/mol. The van der Waals surface area contributed by atoms with Crippen molar-refractivity contribution < 1.29 is 19.0 Å². The standard InChI is InChI=1S/C16H16N2O4S/c1-11-18-9-13(23-11)3-5-16(19)17-6-7-20-12-2-4-14-15(8-12)22-10-21-14/h2-5,8-9H,6-7,10H2,1H3,(H,17,19)/b5-3+. The molecule has 1 aliphatic rings. The van der Waals surface area contributed by atoms with Crippen molar-refractivity contribution in [1.82, 2.24) is 10.3 Å². The summed E-state index contributed by atoms with van der Waals surface area (Å²) >= 11 is 1.54. The third-order valence-electron chi connectivity index (χ3n) is 3.05. The summed E-state index contributed by atoms with van der Waals surface area (Å²) < 4.78 is 16.1. The molecule has 1 aromatic heterocycles. The zero-order valence-corrected chi connectivity index (χ0v) is 13.4. The zero-order valence-electron chi connectivity index (χ0n) is 12.6. The fourth-order valence-electron chi connectivity index (χ4n) is 1.98.